The predicted octanol–water partition coefficient (Wildman–Crippen LogP) is 1.80. The Morgan fingerprint density at radius 2 is 2.24 bits per heavy atom. The quantitative estimate of drug-likeness (QED) is 0.817. The fourth-order valence-electron chi connectivity index (χ4n) is 2.73. The van der Waals surface area contributed by atoms with Gasteiger partial charge in [-0.3, -0.25) is 4.90 Å². The van der Waals surface area contributed by atoms with Crippen molar-refractivity contribution in [3.63, 3.8) is 0 Å². The van der Waals surface area contributed by atoms with Crippen molar-refractivity contribution >= 4 is 17.4 Å². The molecule has 0 radical (unpaired) electrons. The Kier molecular flexibility index (Phi) is 6.64. The number of urea groups is 1. The van der Waals surface area contributed by atoms with Crippen LogP contribution in [0.3, 0.4) is 0 Å². The highest BCUT2D eigenvalue weighted by molar-refractivity contribution is 7.09. The van der Waals surface area contributed by atoms with E-state index in [4.69, 9.17) is 0 Å². The Hall–Kier alpha value is -1.39. The van der Waals surface area contributed by atoms with Gasteiger partial charge in [-0.1, -0.05) is 0 Å². The molecule has 10 heteroatoms. The summed E-state index contributed by atoms with van der Waals surface area (Å²) >= 11 is 0.944. The molecule has 0 spiro atoms. The third-order valence-electron chi connectivity index (χ3n) is 4.01. The summed E-state index contributed by atoms with van der Waals surface area (Å²) in [6.45, 7) is 6.33. The van der Waals surface area contributed by atoms with Crippen molar-refractivity contribution in [2.75, 3.05) is 32.7 Å². The Morgan fingerprint density at radius 3 is 2.80 bits per heavy atom. The molecule has 1 aliphatic rings. The molecule has 0 bridgehead atoms. The number of rotatable bonds is 5. The molecule has 25 heavy (non-hydrogen) atoms. The number of carbonyl (C=O) groups excluding carboxylic acids is 1. The van der Waals surface area contributed by atoms with Crippen LogP contribution in [0.1, 0.15) is 24.5 Å². The van der Waals surface area contributed by atoms with E-state index in [1.54, 1.807) is 11.8 Å². The van der Waals surface area contributed by atoms with Gasteiger partial charge in [0.15, 0.2) is 5.69 Å². The van der Waals surface area contributed by atoms with Crippen LogP contribution in [-0.4, -0.2) is 70.8 Å². The summed E-state index contributed by atoms with van der Waals surface area (Å²) in [5, 5.41) is 13.5. The van der Waals surface area contributed by atoms with E-state index in [9.17, 15) is 23.1 Å². The van der Waals surface area contributed by atoms with Crippen molar-refractivity contribution in [2.24, 2.45) is 0 Å². The van der Waals surface area contributed by atoms with Crippen LogP contribution >= 0.6 is 11.3 Å². The average molecular weight is 380 g/mol. The minimum atomic E-state index is -4.43. The molecule has 2 amide bonds. The molecule has 1 aliphatic heterocycles. The van der Waals surface area contributed by atoms with Crippen LogP contribution in [-0.2, 0) is 12.6 Å². The van der Waals surface area contributed by atoms with E-state index in [2.05, 4.69) is 15.2 Å². The Labute approximate surface area is 148 Å². The molecule has 2 atom stereocenters. The first-order chi connectivity index (χ1) is 11.7. The number of aliphatic hydroxyl groups excluding tert-OH is 1. The molecule has 0 unspecified atom stereocenters. The zero-order valence-electron chi connectivity index (χ0n) is 14.2. The number of piperazine rings is 1. The van der Waals surface area contributed by atoms with E-state index >= 15 is 0 Å². The predicted molar refractivity (Wildman–Crippen MR) is 88.5 cm³/mol. The lowest BCUT2D eigenvalue weighted by Crippen LogP contribution is -2.57. The van der Waals surface area contributed by atoms with Crippen LogP contribution in [0.5, 0.6) is 0 Å². The SMILES string of the molecule is C[C@H](O)CN1CCN(C(=O)NCCc2nc(C(F)(F)F)cs2)C[C@@H]1C. The second-order valence-electron chi connectivity index (χ2n) is 6.25. The first-order valence-corrected chi connectivity index (χ1v) is 9.01. The van der Waals surface area contributed by atoms with Gasteiger partial charge in [0.05, 0.1) is 11.1 Å². The van der Waals surface area contributed by atoms with Crippen LogP contribution < -0.4 is 5.32 Å². The van der Waals surface area contributed by atoms with Crippen molar-refractivity contribution in [3.8, 4) is 0 Å². The average Bonchev–Trinajstić information content (AvgIpc) is 2.98. The number of thiazole rings is 1. The van der Waals surface area contributed by atoms with Crippen LogP contribution in [0.15, 0.2) is 5.38 Å². The normalized spacial score (nSPS) is 20.6. The molecule has 0 saturated carbocycles. The van der Waals surface area contributed by atoms with Gasteiger partial charge in [0.25, 0.3) is 0 Å². The van der Waals surface area contributed by atoms with Gasteiger partial charge < -0.3 is 15.3 Å². The van der Waals surface area contributed by atoms with E-state index in [1.807, 2.05) is 6.92 Å². The van der Waals surface area contributed by atoms with Crippen molar-refractivity contribution in [3.05, 3.63) is 16.1 Å². The van der Waals surface area contributed by atoms with Gasteiger partial charge in [-0.05, 0) is 13.8 Å². The van der Waals surface area contributed by atoms with E-state index in [0.29, 0.717) is 31.2 Å². The number of hydrogen-bond donors (Lipinski definition) is 2. The van der Waals surface area contributed by atoms with E-state index in [1.165, 1.54) is 0 Å². The third kappa shape index (κ3) is 5.82. The van der Waals surface area contributed by atoms with E-state index in [0.717, 1.165) is 16.7 Å². The van der Waals surface area contributed by atoms with Crippen molar-refractivity contribution in [1.82, 2.24) is 20.1 Å². The molecule has 1 aromatic rings. The van der Waals surface area contributed by atoms with Crippen LogP contribution in [0.2, 0.25) is 0 Å². The van der Waals surface area contributed by atoms with Gasteiger partial charge in [0, 0.05) is 50.6 Å². The van der Waals surface area contributed by atoms with Crippen molar-refractivity contribution < 1.29 is 23.1 Å². The zero-order valence-corrected chi connectivity index (χ0v) is 15.0. The van der Waals surface area contributed by atoms with Crippen LogP contribution in [0, 0.1) is 0 Å². The lowest BCUT2D eigenvalue weighted by atomic mass is 10.2. The molecule has 2 N–H and O–H groups in total. The van der Waals surface area contributed by atoms with Gasteiger partial charge >= 0.3 is 12.2 Å². The van der Waals surface area contributed by atoms with Crippen LogP contribution in [0.25, 0.3) is 0 Å². The summed E-state index contributed by atoms with van der Waals surface area (Å²) in [5.41, 5.74) is -0.887. The lowest BCUT2D eigenvalue weighted by molar-refractivity contribution is -0.140. The van der Waals surface area contributed by atoms with E-state index < -0.39 is 18.0 Å². The van der Waals surface area contributed by atoms with E-state index in [-0.39, 0.29) is 25.0 Å². The molecule has 1 saturated heterocycles. The maximum atomic E-state index is 12.5. The highest BCUT2D eigenvalue weighted by Crippen LogP contribution is 2.30. The number of aliphatic hydroxyl groups is 1. The zero-order chi connectivity index (χ0) is 18.6. The topological polar surface area (TPSA) is 68.7 Å². The summed E-state index contributed by atoms with van der Waals surface area (Å²) in [6, 6.07) is -0.0847. The molecule has 2 heterocycles. The highest BCUT2D eigenvalue weighted by Gasteiger charge is 2.33. The molecule has 6 nitrogen and oxygen atoms in total. The second-order valence-corrected chi connectivity index (χ2v) is 7.19. The maximum Gasteiger partial charge on any atom is 0.434 e. The molecule has 1 fully saturated rings. The molecule has 1 aromatic heterocycles. The van der Waals surface area contributed by atoms with Crippen LogP contribution in [0.4, 0.5) is 18.0 Å². The molecule has 2 rings (SSSR count). The molecule has 0 aliphatic carbocycles. The maximum absolute atomic E-state index is 12.5. The first-order valence-electron chi connectivity index (χ1n) is 8.13. The molecular formula is C15H23F3N4O2S. The van der Waals surface area contributed by atoms with Gasteiger partial charge in [-0.25, -0.2) is 9.78 Å². The standard InChI is InChI=1S/C15H23F3N4O2S/c1-10-7-22(6-5-21(10)8-11(2)23)14(24)19-4-3-13-20-12(9-25-13)15(16,17)18/h9-11,23H,3-8H2,1-2H3,(H,19,24)/t10-,11-/m0/s1. The molecular weight excluding hydrogens is 357 g/mol. The Morgan fingerprint density at radius 1 is 1.52 bits per heavy atom. The minimum absolute atomic E-state index is 0.141. The number of carbonyl (C=O) groups is 1. The monoisotopic (exact) mass is 380 g/mol. The van der Waals surface area contributed by atoms with Gasteiger partial charge in [-0.15, -0.1) is 11.3 Å². The van der Waals surface area contributed by atoms with Gasteiger partial charge in [0.1, 0.15) is 0 Å². The number of halogens is 3. The number of nitrogens with zero attached hydrogens (tertiary/aromatic N) is 3. The highest BCUT2D eigenvalue weighted by atomic mass is 32.1. The fraction of sp³-hybridized carbons (Fsp3) is 0.733. The Balaban J connectivity index is 1.75. The molecule has 0 aromatic carbocycles. The Bertz CT molecular complexity index is 579. The summed E-state index contributed by atoms with van der Waals surface area (Å²) in [4.78, 5) is 19.5. The van der Waals surface area contributed by atoms with Crippen molar-refractivity contribution in [1.29, 1.82) is 0 Å². The van der Waals surface area contributed by atoms with Gasteiger partial charge in [-0.2, -0.15) is 13.2 Å². The summed E-state index contributed by atoms with van der Waals surface area (Å²) < 4.78 is 37.5. The number of amides is 2. The largest absolute Gasteiger partial charge is 0.434 e. The molecule has 142 valence electrons. The smallest absolute Gasteiger partial charge is 0.392 e. The number of alkyl halides is 3. The van der Waals surface area contributed by atoms with Gasteiger partial charge in [0.2, 0.25) is 0 Å². The summed E-state index contributed by atoms with van der Waals surface area (Å²) in [7, 11) is 0. The third-order valence-corrected chi connectivity index (χ3v) is 4.92. The second kappa shape index (κ2) is 8.33. The fourth-order valence-corrected chi connectivity index (χ4v) is 3.54. The number of β-amino-alcohol motifs (C(OH)–C–C–N with tert-alkyl or cyclic N) is 1. The summed E-state index contributed by atoms with van der Waals surface area (Å²) in [5.74, 6) is 0. The number of aromatic nitrogens is 1. The minimum Gasteiger partial charge on any atom is -0.392 e. The summed E-state index contributed by atoms with van der Waals surface area (Å²) in [6.07, 6.45) is -4.58. The number of hydrogen-bond acceptors (Lipinski definition) is 5. The lowest BCUT2D eigenvalue weighted by Gasteiger charge is -2.40. The first kappa shape index (κ1) is 19.9. The number of nitrogens with one attached hydrogen (secondary N) is 1. The van der Waals surface area contributed by atoms with Crippen molar-refractivity contribution in [2.45, 2.75) is 38.6 Å².